The number of amides is 2. The monoisotopic (exact) mass is 521 g/mol. The Bertz CT molecular complexity index is 1510. The van der Waals surface area contributed by atoms with Gasteiger partial charge in [0, 0.05) is 34.6 Å². The Morgan fingerprint density at radius 1 is 1.14 bits per heavy atom. The number of ketones is 1. The van der Waals surface area contributed by atoms with Crippen LogP contribution in [0, 0.1) is 0 Å². The highest BCUT2D eigenvalue weighted by Crippen LogP contribution is 2.29. The molecule has 37 heavy (non-hydrogen) atoms. The molecule has 0 spiro atoms. The van der Waals surface area contributed by atoms with Crippen molar-refractivity contribution in [1.29, 1.82) is 0 Å². The molecule has 2 atom stereocenters. The molecule has 0 aliphatic carbocycles. The zero-order valence-electron chi connectivity index (χ0n) is 19.6. The Kier molecular flexibility index (Phi) is 6.62. The van der Waals surface area contributed by atoms with Gasteiger partial charge < -0.3 is 14.8 Å². The van der Waals surface area contributed by atoms with E-state index in [1.807, 2.05) is 24.3 Å². The first-order valence-corrected chi connectivity index (χ1v) is 11.8. The maximum atomic E-state index is 14.4. The smallest absolute Gasteiger partial charge is 0.248 e. The standard InChI is InChI=1S/C25H21ClFN7O3/c1-14(35)19-12-33(20-3-2-15(6-18(19)20)16-4-5-29-30-8-16)13-24(36)34-11-17(27)7-21(34)25(37)32-23-10-28-9-22(26)31-23/h2-6,8-10,12,17,21H,7,11,13H2,1H3,(H,31,32,37)/t17-,21+/m1/s1. The van der Waals surface area contributed by atoms with E-state index < -0.39 is 24.0 Å². The minimum atomic E-state index is -1.35. The fraction of sp³-hybridized carbons (Fsp3) is 0.240. The molecule has 0 unspecified atom stereocenters. The summed E-state index contributed by atoms with van der Waals surface area (Å²) in [6.07, 6.45) is 5.94. The van der Waals surface area contributed by atoms with Crippen LogP contribution in [0.4, 0.5) is 10.2 Å². The number of anilines is 1. The number of nitrogens with one attached hydrogen (secondary N) is 1. The number of rotatable bonds is 6. The third-order valence-corrected chi connectivity index (χ3v) is 6.40. The molecule has 1 aromatic carbocycles. The number of hydrogen-bond donors (Lipinski definition) is 1. The van der Waals surface area contributed by atoms with Gasteiger partial charge in [-0.15, -0.1) is 0 Å². The number of benzene rings is 1. The zero-order chi connectivity index (χ0) is 26.1. The number of carbonyl (C=O) groups excluding carboxylic acids is 3. The van der Waals surface area contributed by atoms with Crippen molar-refractivity contribution in [2.75, 3.05) is 11.9 Å². The number of alkyl halides is 1. The largest absolute Gasteiger partial charge is 0.337 e. The molecule has 2 amide bonds. The van der Waals surface area contributed by atoms with E-state index in [-0.39, 0.29) is 36.3 Å². The molecular formula is C25H21ClFN7O3. The van der Waals surface area contributed by atoms with Gasteiger partial charge in [-0.1, -0.05) is 17.7 Å². The Morgan fingerprint density at radius 3 is 2.70 bits per heavy atom. The van der Waals surface area contributed by atoms with Crippen molar-refractivity contribution in [3.63, 3.8) is 0 Å². The van der Waals surface area contributed by atoms with Crippen LogP contribution < -0.4 is 5.32 Å². The molecule has 1 N–H and O–H groups in total. The minimum absolute atomic E-state index is 0.0876. The molecule has 1 aliphatic rings. The Hall–Kier alpha value is -4.25. The summed E-state index contributed by atoms with van der Waals surface area (Å²) in [7, 11) is 0. The molecule has 3 aromatic heterocycles. The summed E-state index contributed by atoms with van der Waals surface area (Å²) in [5.74, 6) is -1.09. The molecule has 5 rings (SSSR count). The van der Waals surface area contributed by atoms with E-state index in [2.05, 4.69) is 25.5 Å². The topological polar surface area (TPSA) is 123 Å². The maximum absolute atomic E-state index is 14.4. The molecule has 0 radical (unpaired) electrons. The SMILES string of the molecule is CC(=O)c1cn(CC(=O)N2C[C@H](F)C[C@H]2C(=O)Nc2cncc(Cl)n2)c2ccc(-c3ccnnc3)cc12. The summed E-state index contributed by atoms with van der Waals surface area (Å²) in [6, 6.07) is 6.32. The van der Waals surface area contributed by atoms with Gasteiger partial charge in [0.1, 0.15) is 23.9 Å². The average Bonchev–Trinajstić information content (AvgIpc) is 3.45. The molecule has 188 valence electrons. The molecule has 0 bridgehead atoms. The van der Waals surface area contributed by atoms with Crippen LogP contribution >= 0.6 is 11.6 Å². The third-order valence-electron chi connectivity index (χ3n) is 6.21. The molecule has 1 aliphatic heterocycles. The van der Waals surface area contributed by atoms with Gasteiger partial charge in [-0.25, -0.2) is 9.37 Å². The van der Waals surface area contributed by atoms with Crippen molar-refractivity contribution in [2.45, 2.75) is 32.1 Å². The Labute approximate surface area is 215 Å². The summed E-state index contributed by atoms with van der Waals surface area (Å²) in [5.41, 5.74) is 2.79. The quantitative estimate of drug-likeness (QED) is 0.386. The first kappa shape index (κ1) is 24.4. The number of halogens is 2. The fourth-order valence-corrected chi connectivity index (χ4v) is 4.65. The Balaban J connectivity index is 1.41. The first-order chi connectivity index (χ1) is 17.8. The summed E-state index contributed by atoms with van der Waals surface area (Å²) in [4.78, 5) is 47.6. The van der Waals surface area contributed by atoms with Gasteiger partial charge in [0.15, 0.2) is 11.6 Å². The number of aromatic nitrogens is 5. The van der Waals surface area contributed by atoms with Crippen LogP contribution in [-0.4, -0.2) is 66.0 Å². The van der Waals surface area contributed by atoms with Gasteiger partial charge >= 0.3 is 0 Å². The molecule has 1 fully saturated rings. The van der Waals surface area contributed by atoms with Crippen LogP contribution in [0.2, 0.25) is 5.15 Å². The van der Waals surface area contributed by atoms with E-state index in [1.165, 1.54) is 24.2 Å². The molecular weight excluding hydrogens is 501 g/mol. The lowest BCUT2D eigenvalue weighted by atomic mass is 10.0. The van der Waals surface area contributed by atoms with E-state index in [9.17, 15) is 18.8 Å². The number of fused-ring (bicyclic) bond motifs is 1. The van der Waals surface area contributed by atoms with Crippen LogP contribution in [0.15, 0.2) is 55.2 Å². The van der Waals surface area contributed by atoms with Crippen molar-refractivity contribution >= 4 is 45.9 Å². The fourth-order valence-electron chi connectivity index (χ4n) is 4.51. The predicted molar refractivity (Wildman–Crippen MR) is 134 cm³/mol. The maximum Gasteiger partial charge on any atom is 0.248 e. The number of likely N-dealkylation sites (tertiary alicyclic amines) is 1. The van der Waals surface area contributed by atoms with Gasteiger partial charge in [-0.2, -0.15) is 10.2 Å². The summed E-state index contributed by atoms with van der Waals surface area (Å²) < 4.78 is 16.0. The molecule has 10 nitrogen and oxygen atoms in total. The van der Waals surface area contributed by atoms with Crippen LogP contribution in [0.25, 0.3) is 22.0 Å². The normalized spacial score (nSPS) is 17.2. The highest BCUT2D eigenvalue weighted by Gasteiger charge is 2.40. The van der Waals surface area contributed by atoms with Crippen LogP contribution in [0.5, 0.6) is 0 Å². The predicted octanol–water partition coefficient (Wildman–Crippen LogP) is 3.32. The summed E-state index contributed by atoms with van der Waals surface area (Å²) >= 11 is 5.81. The second-order valence-electron chi connectivity index (χ2n) is 8.70. The lowest BCUT2D eigenvalue weighted by molar-refractivity contribution is -0.137. The summed E-state index contributed by atoms with van der Waals surface area (Å²) in [6.45, 7) is 1.07. The van der Waals surface area contributed by atoms with Gasteiger partial charge in [-0.05, 0) is 30.7 Å². The molecule has 12 heteroatoms. The van der Waals surface area contributed by atoms with E-state index in [0.717, 1.165) is 11.1 Å². The van der Waals surface area contributed by atoms with Gasteiger partial charge in [-0.3, -0.25) is 19.4 Å². The molecule has 4 heterocycles. The number of Topliss-reactive ketones (excluding diaryl/α,β-unsaturated/α-hetero) is 1. The van der Waals surface area contributed by atoms with Crippen LogP contribution in [-0.2, 0) is 16.1 Å². The van der Waals surface area contributed by atoms with Crippen molar-refractivity contribution in [3.05, 3.63) is 66.0 Å². The number of nitrogens with zero attached hydrogens (tertiary/aromatic N) is 6. The highest BCUT2D eigenvalue weighted by molar-refractivity contribution is 6.29. The third kappa shape index (κ3) is 5.03. The summed E-state index contributed by atoms with van der Waals surface area (Å²) in [5, 5.41) is 11.0. The van der Waals surface area contributed by atoms with E-state index in [1.54, 1.807) is 23.2 Å². The van der Waals surface area contributed by atoms with Crippen molar-refractivity contribution in [2.24, 2.45) is 0 Å². The Morgan fingerprint density at radius 2 is 1.97 bits per heavy atom. The van der Waals surface area contributed by atoms with Crippen LogP contribution in [0.3, 0.4) is 0 Å². The molecule has 1 saturated heterocycles. The highest BCUT2D eigenvalue weighted by atomic mass is 35.5. The van der Waals surface area contributed by atoms with Crippen molar-refractivity contribution < 1.29 is 18.8 Å². The second-order valence-corrected chi connectivity index (χ2v) is 9.09. The lowest BCUT2D eigenvalue weighted by Crippen LogP contribution is -2.44. The zero-order valence-corrected chi connectivity index (χ0v) is 20.4. The van der Waals surface area contributed by atoms with E-state index >= 15 is 0 Å². The second kappa shape index (κ2) is 10.0. The van der Waals surface area contributed by atoms with Crippen molar-refractivity contribution in [3.8, 4) is 11.1 Å². The molecule has 0 saturated carbocycles. The van der Waals surface area contributed by atoms with Gasteiger partial charge in [0.2, 0.25) is 11.8 Å². The van der Waals surface area contributed by atoms with Gasteiger partial charge in [0.05, 0.1) is 31.3 Å². The average molecular weight is 522 g/mol. The minimum Gasteiger partial charge on any atom is -0.337 e. The van der Waals surface area contributed by atoms with Gasteiger partial charge in [0.25, 0.3) is 0 Å². The van der Waals surface area contributed by atoms with E-state index in [0.29, 0.717) is 16.5 Å². The molecule has 4 aromatic rings. The number of hydrogen-bond acceptors (Lipinski definition) is 7. The van der Waals surface area contributed by atoms with Crippen molar-refractivity contribution in [1.82, 2.24) is 29.6 Å². The van der Waals surface area contributed by atoms with Crippen LogP contribution in [0.1, 0.15) is 23.7 Å². The lowest BCUT2D eigenvalue weighted by Gasteiger charge is -2.24. The van der Waals surface area contributed by atoms with E-state index in [4.69, 9.17) is 11.6 Å². The number of carbonyl (C=O) groups is 3. The first-order valence-electron chi connectivity index (χ1n) is 11.4.